The van der Waals surface area contributed by atoms with Gasteiger partial charge in [0.2, 0.25) is 5.91 Å². The van der Waals surface area contributed by atoms with Gasteiger partial charge in [0.1, 0.15) is 13.2 Å². The number of hydrogen-bond donors (Lipinski definition) is 1. The summed E-state index contributed by atoms with van der Waals surface area (Å²) in [7, 11) is 0. The summed E-state index contributed by atoms with van der Waals surface area (Å²) in [5.74, 6) is 2.64. The predicted octanol–water partition coefficient (Wildman–Crippen LogP) is 3.22. The van der Waals surface area contributed by atoms with E-state index in [-0.39, 0.29) is 11.4 Å². The molecule has 3 aliphatic carbocycles. The minimum Gasteiger partial charge on any atom is -0.486 e. The first-order chi connectivity index (χ1) is 13.2. The van der Waals surface area contributed by atoms with Crippen molar-refractivity contribution in [1.82, 2.24) is 10.2 Å². The zero-order valence-electron chi connectivity index (χ0n) is 16.0. The molecular weight excluding hydrogens is 340 g/mol. The van der Waals surface area contributed by atoms with Gasteiger partial charge in [-0.3, -0.25) is 9.69 Å². The van der Waals surface area contributed by atoms with Crippen LogP contribution in [0.1, 0.15) is 56.9 Å². The Hall–Kier alpha value is -1.75. The van der Waals surface area contributed by atoms with E-state index in [9.17, 15) is 4.79 Å². The van der Waals surface area contributed by atoms with Crippen LogP contribution in [0.3, 0.4) is 0 Å². The third kappa shape index (κ3) is 3.79. The Morgan fingerprint density at radius 3 is 2.52 bits per heavy atom. The van der Waals surface area contributed by atoms with Gasteiger partial charge in [-0.1, -0.05) is 18.9 Å². The predicted molar refractivity (Wildman–Crippen MR) is 103 cm³/mol. The highest BCUT2D eigenvalue weighted by molar-refractivity contribution is 5.79. The Morgan fingerprint density at radius 2 is 1.81 bits per heavy atom. The molecule has 0 aromatic heterocycles. The molecule has 0 bridgehead atoms. The fourth-order valence-electron chi connectivity index (χ4n) is 4.71. The van der Waals surface area contributed by atoms with Crippen LogP contribution in [0.15, 0.2) is 18.2 Å². The second-order valence-electron chi connectivity index (χ2n) is 8.80. The Kier molecular flexibility index (Phi) is 4.50. The number of hydrogen-bond acceptors (Lipinski definition) is 4. The molecule has 3 fully saturated rings. The fraction of sp³-hybridized carbons (Fsp3) is 0.682. The van der Waals surface area contributed by atoms with Crippen molar-refractivity contribution in [3.8, 4) is 11.5 Å². The van der Waals surface area contributed by atoms with Crippen molar-refractivity contribution in [2.75, 3.05) is 26.3 Å². The van der Waals surface area contributed by atoms with Crippen LogP contribution in [-0.4, -0.2) is 43.2 Å². The molecule has 1 aromatic rings. The lowest BCUT2D eigenvalue weighted by atomic mass is 9.87. The van der Waals surface area contributed by atoms with Gasteiger partial charge in [0, 0.05) is 12.6 Å². The zero-order valence-corrected chi connectivity index (χ0v) is 16.0. The van der Waals surface area contributed by atoms with Gasteiger partial charge in [-0.15, -0.1) is 0 Å². The number of ether oxygens (including phenoxy) is 2. The number of nitrogens with zero attached hydrogens (tertiary/aromatic N) is 1. The second kappa shape index (κ2) is 7.01. The number of benzene rings is 1. The van der Waals surface area contributed by atoms with E-state index in [0.29, 0.717) is 25.8 Å². The molecule has 0 spiro atoms. The number of rotatable bonds is 7. The summed E-state index contributed by atoms with van der Waals surface area (Å²) in [5, 5.41) is 3.45. The molecule has 27 heavy (non-hydrogen) atoms. The van der Waals surface area contributed by atoms with E-state index in [1.807, 2.05) is 6.07 Å². The van der Waals surface area contributed by atoms with Crippen molar-refractivity contribution in [2.45, 2.75) is 62.9 Å². The smallest absolute Gasteiger partial charge is 0.234 e. The van der Waals surface area contributed by atoms with Gasteiger partial charge in [-0.05, 0) is 62.1 Å². The highest BCUT2D eigenvalue weighted by Crippen LogP contribution is 2.42. The van der Waals surface area contributed by atoms with Gasteiger partial charge in [0.05, 0.1) is 12.1 Å². The number of carbonyl (C=O) groups is 1. The van der Waals surface area contributed by atoms with Crippen molar-refractivity contribution in [3.05, 3.63) is 23.8 Å². The number of fused-ring (bicyclic) bond motifs is 1. The number of nitrogens with one attached hydrogen (secondary N) is 1. The maximum absolute atomic E-state index is 13.0. The molecule has 5 nitrogen and oxygen atoms in total. The summed E-state index contributed by atoms with van der Waals surface area (Å²) in [4.78, 5) is 15.4. The first kappa shape index (κ1) is 17.4. The minimum absolute atomic E-state index is 0.180. The van der Waals surface area contributed by atoms with Gasteiger partial charge in [0.15, 0.2) is 11.5 Å². The first-order valence-corrected chi connectivity index (χ1v) is 10.7. The average molecular weight is 370 g/mol. The fourth-order valence-corrected chi connectivity index (χ4v) is 4.71. The summed E-state index contributed by atoms with van der Waals surface area (Å²) < 4.78 is 11.4. The van der Waals surface area contributed by atoms with Crippen LogP contribution in [0.25, 0.3) is 0 Å². The summed E-state index contributed by atoms with van der Waals surface area (Å²) in [6, 6.07) is 6.84. The van der Waals surface area contributed by atoms with E-state index in [1.54, 1.807) is 0 Å². The minimum atomic E-state index is -0.248. The van der Waals surface area contributed by atoms with E-state index < -0.39 is 0 Å². The quantitative estimate of drug-likeness (QED) is 0.801. The van der Waals surface area contributed by atoms with E-state index in [4.69, 9.17) is 9.47 Å². The first-order valence-electron chi connectivity index (χ1n) is 10.7. The maximum atomic E-state index is 13.0. The van der Waals surface area contributed by atoms with Gasteiger partial charge < -0.3 is 14.8 Å². The largest absolute Gasteiger partial charge is 0.486 e. The normalized spacial score (nSPS) is 23.4. The summed E-state index contributed by atoms with van der Waals surface area (Å²) >= 11 is 0. The van der Waals surface area contributed by atoms with Crippen molar-refractivity contribution in [2.24, 2.45) is 5.92 Å². The molecule has 1 heterocycles. The zero-order chi connectivity index (χ0) is 18.3. The summed E-state index contributed by atoms with van der Waals surface area (Å²) in [6.45, 7) is 2.85. The molecule has 0 radical (unpaired) electrons. The molecule has 1 N–H and O–H groups in total. The van der Waals surface area contributed by atoms with E-state index >= 15 is 0 Å². The summed E-state index contributed by atoms with van der Waals surface area (Å²) in [6.07, 6.45) is 9.51. The lowest BCUT2D eigenvalue weighted by Crippen LogP contribution is -2.48. The maximum Gasteiger partial charge on any atom is 0.234 e. The Morgan fingerprint density at radius 1 is 1.07 bits per heavy atom. The van der Waals surface area contributed by atoms with Crippen LogP contribution >= 0.6 is 0 Å². The number of amides is 1. The average Bonchev–Trinajstić information content (AvgIpc) is 3.61. The number of carbonyl (C=O) groups excluding carboxylic acids is 1. The molecule has 1 aliphatic heterocycles. The van der Waals surface area contributed by atoms with Crippen LogP contribution in [0.2, 0.25) is 0 Å². The van der Waals surface area contributed by atoms with E-state index in [2.05, 4.69) is 22.3 Å². The van der Waals surface area contributed by atoms with Crippen LogP contribution in [0.4, 0.5) is 0 Å². The van der Waals surface area contributed by atoms with Gasteiger partial charge >= 0.3 is 0 Å². The standard InChI is InChI=1S/C22H30N2O3/c25-21(15-24(18-6-7-18)14-16-3-4-16)23-22(9-1-2-10-22)17-5-8-19-20(13-17)27-12-11-26-19/h5,8,13,16,18H,1-4,6-7,9-12,14-15H2,(H,23,25). The molecule has 0 unspecified atom stereocenters. The monoisotopic (exact) mass is 370 g/mol. The molecule has 0 saturated heterocycles. The SMILES string of the molecule is O=C(CN(CC1CC1)C1CC1)NC1(c2ccc3c(c2)OCCO3)CCCC1. The van der Waals surface area contributed by atoms with Gasteiger partial charge in [-0.2, -0.15) is 0 Å². The molecule has 1 amide bonds. The second-order valence-corrected chi connectivity index (χ2v) is 8.80. The Balaban J connectivity index is 1.31. The molecule has 4 aliphatic rings. The molecule has 5 heteroatoms. The molecule has 3 saturated carbocycles. The third-order valence-corrected chi connectivity index (χ3v) is 6.53. The molecule has 0 atom stereocenters. The van der Waals surface area contributed by atoms with Crippen molar-refractivity contribution < 1.29 is 14.3 Å². The highest BCUT2D eigenvalue weighted by Gasteiger charge is 2.40. The van der Waals surface area contributed by atoms with Crippen molar-refractivity contribution >= 4 is 5.91 Å². The van der Waals surface area contributed by atoms with Gasteiger partial charge in [-0.25, -0.2) is 0 Å². The van der Waals surface area contributed by atoms with Crippen LogP contribution in [0.5, 0.6) is 11.5 Å². The van der Waals surface area contributed by atoms with Crippen molar-refractivity contribution in [3.63, 3.8) is 0 Å². The molecule has 5 rings (SSSR count). The lowest BCUT2D eigenvalue weighted by Gasteiger charge is -2.33. The lowest BCUT2D eigenvalue weighted by molar-refractivity contribution is -0.124. The van der Waals surface area contributed by atoms with Crippen LogP contribution in [0, 0.1) is 5.92 Å². The van der Waals surface area contributed by atoms with Crippen LogP contribution < -0.4 is 14.8 Å². The van der Waals surface area contributed by atoms with Crippen LogP contribution in [-0.2, 0) is 10.3 Å². The molecule has 146 valence electrons. The highest BCUT2D eigenvalue weighted by atomic mass is 16.6. The third-order valence-electron chi connectivity index (χ3n) is 6.53. The van der Waals surface area contributed by atoms with Gasteiger partial charge in [0.25, 0.3) is 0 Å². The van der Waals surface area contributed by atoms with E-state index in [0.717, 1.165) is 55.2 Å². The van der Waals surface area contributed by atoms with Crippen molar-refractivity contribution in [1.29, 1.82) is 0 Å². The Bertz CT molecular complexity index is 706. The molecule has 1 aromatic carbocycles. The Labute approximate surface area is 161 Å². The van der Waals surface area contributed by atoms with E-state index in [1.165, 1.54) is 25.7 Å². The molecular formula is C22H30N2O3. The topological polar surface area (TPSA) is 50.8 Å². The summed E-state index contributed by atoms with van der Waals surface area (Å²) in [5.41, 5.74) is 0.916.